The minimum Gasteiger partial charge on any atom is -0.303 e. The molecule has 1 aliphatic carbocycles. The van der Waals surface area contributed by atoms with Gasteiger partial charge in [0.25, 0.3) is 0 Å². The Labute approximate surface area is 110 Å². The van der Waals surface area contributed by atoms with Crippen LogP contribution in [0.5, 0.6) is 0 Å². The first-order valence-corrected chi connectivity index (χ1v) is 7.53. The Balaban J connectivity index is 1.67. The minimum absolute atomic E-state index is 0.591. The molecule has 3 saturated heterocycles. The third-order valence-corrected chi connectivity index (χ3v) is 5.48. The molecule has 0 amide bonds. The number of fused-ring (bicyclic) bond motifs is 3. The third kappa shape index (κ3) is 1.72. The summed E-state index contributed by atoms with van der Waals surface area (Å²) in [4.78, 5) is 2.74. The zero-order valence-electron chi connectivity index (χ0n) is 11.4. The lowest BCUT2D eigenvalue weighted by atomic mass is 9.77. The number of rotatable bonds is 0. The van der Waals surface area contributed by atoms with Gasteiger partial charge in [-0.25, -0.2) is 0 Å². The van der Waals surface area contributed by atoms with Crippen LogP contribution in [0.15, 0.2) is 18.2 Å². The molecule has 1 aromatic rings. The monoisotopic (exact) mass is 241 g/mol. The molecule has 2 bridgehead atoms. The molecule has 1 heteroatoms. The van der Waals surface area contributed by atoms with Gasteiger partial charge in [-0.15, -0.1) is 0 Å². The molecule has 1 atom stereocenters. The highest BCUT2D eigenvalue weighted by atomic mass is 15.1. The van der Waals surface area contributed by atoms with Gasteiger partial charge in [-0.1, -0.05) is 23.8 Å². The molecule has 1 nitrogen and oxygen atoms in total. The highest BCUT2D eigenvalue weighted by Crippen LogP contribution is 2.47. The predicted molar refractivity (Wildman–Crippen MR) is 74.8 cm³/mol. The van der Waals surface area contributed by atoms with E-state index in [9.17, 15) is 0 Å². The van der Waals surface area contributed by atoms with E-state index in [1.165, 1.54) is 57.3 Å². The van der Waals surface area contributed by atoms with Gasteiger partial charge in [-0.2, -0.15) is 0 Å². The van der Waals surface area contributed by atoms with Gasteiger partial charge < -0.3 is 4.90 Å². The summed E-state index contributed by atoms with van der Waals surface area (Å²) in [6.07, 6.45) is 7.08. The molecule has 18 heavy (non-hydrogen) atoms. The fourth-order valence-corrected chi connectivity index (χ4v) is 4.72. The molecule has 0 aromatic heterocycles. The van der Waals surface area contributed by atoms with Gasteiger partial charge in [0, 0.05) is 6.54 Å². The van der Waals surface area contributed by atoms with Crippen molar-refractivity contribution in [2.45, 2.75) is 39.0 Å². The van der Waals surface area contributed by atoms with Gasteiger partial charge in [0.2, 0.25) is 0 Å². The summed E-state index contributed by atoms with van der Waals surface area (Å²) in [5.41, 5.74) is 5.32. The van der Waals surface area contributed by atoms with Crippen LogP contribution in [-0.4, -0.2) is 24.5 Å². The third-order valence-electron chi connectivity index (χ3n) is 5.48. The summed E-state index contributed by atoms with van der Waals surface area (Å²) in [7, 11) is 0. The lowest BCUT2D eigenvalue weighted by Gasteiger charge is -2.30. The van der Waals surface area contributed by atoms with Gasteiger partial charge in [-0.3, -0.25) is 0 Å². The van der Waals surface area contributed by atoms with Crippen LogP contribution < -0.4 is 0 Å². The molecule has 3 aliphatic heterocycles. The zero-order chi connectivity index (χ0) is 12.2. The van der Waals surface area contributed by atoms with Gasteiger partial charge >= 0.3 is 0 Å². The second-order valence-electron chi connectivity index (χ2n) is 7.05. The van der Waals surface area contributed by atoms with Crippen molar-refractivity contribution in [3.05, 3.63) is 34.9 Å². The first kappa shape index (κ1) is 11.0. The Morgan fingerprint density at radius 3 is 2.72 bits per heavy atom. The lowest BCUT2D eigenvalue weighted by Crippen LogP contribution is -2.36. The van der Waals surface area contributed by atoms with E-state index in [2.05, 4.69) is 30.0 Å². The molecule has 5 rings (SSSR count). The fraction of sp³-hybridized carbons (Fsp3) is 0.647. The van der Waals surface area contributed by atoms with Crippen molar-refractivity contribution >= 4 is 0 Å². The van der Waals surface area contributed by atoms with Crippen LogP contribution >= 0.6 is 0 Å². The van der Waals surface area contributed by atoms with Crippen LogP contribution in [0.2, 0.25) is 0 Å². The molecule has 1 aromatic carbocycles. The molecule has 1 unspecified atom stereocenters. The van der Waals surface area contributed by atoms with Gasteiger partial charge in [0.15, 0.2) is 0 Å². The molecular weight excluding hydrogens is 218 g/mol. The van der Waals surface area contributed by atoms with Crippen LogP contribution in [0.1, 0.15) is 36.0 Å². The Morgan fingerprint density at radius 2 is 1.89 bits per heavy atom. The van der Waals surface area contributed by atoms with Crippen LogP contribution in [0, 0.1) is 18.3 Å². The molecular formula is C17H23N. The van der Waals surface area contributed by atoms with Gasteiger partial charge in [0.1, 0.15) is 0 Å². The van der Waals surface area contributed by atoms with E-state index in [1.54, 1.807) is 11.1 Å². The van der Waals surface area contributed by atoms with Crippen molar-refractivity contribution in [2.24, 2.45) is 11.3 Å². The van der Waals surface area contributed by atoms with Crippen LogP contribution in [-0.2, 0) is 12.8 Å². The van der Waals surface area contributed by atoms with Crippen LogP contribution in [0.25, 0.3) is 0 Å². The number of benzene rings is 1. The van der Waals surface area contributed by atoms with E-state index < -0.39 is 0 Å². The van der Waals surface area contributed by atoms with Crippen molar-refractivity contribution in [2.75, 3.05) is 19.6 Å². The minimum atomic E-state index is 0.591. The molecule has 3 fully saturated rings. The van der Waals surface area contributed by atoms with E-state index in [0.717, 1.165) is 5.92 Å². The summed E-state index contributed by atoms with van der Waals surface area (Å²) < 4.78 is 0. The number of aryl methyl sites for hydroxylation is 1. The standard InChI is InChI=1S/C17H23N/c1-13-2-3-15-10-17(11-16(15)8-13)9-14-4-6-18(12-17)7-5-14/h2-3,8,14H,4-7,9-12H2,1H3. The summed E-state index contributed by atoms with van der Waals surface area (Å²) >= 11 is 0. The predicted octanol–water partition coefficient (Wildman–Crippen LogP) is 3.20. The number of hydrogen-bond acceptors (Lipinski definition) is 1. The Kier molecular flexibility index (Phi) is 2.35. The summed E-state index contributed by atoms with van der Waals surface area (Å²) in [5, 5.41) is 0. The maximum absolute atomic E-state index is 2.74. The van der Waals surface area contributed by atoms with Gasteiger partial charge in [0.05, 0.1) is 0 Å². The molecule has 3 heterocycles. The average Bonchev–Trinajstić information content (AvgIpc) is 2.49. The van der Waals surface area contributed by atoms with Crippen LogP contribution in [0.3, 0.4) is 0 Å². The smallest absolute Gasteiger partial charge is 0.00445 e. The average molecular weight is 241 g/mol. The second kappa shape index (κ2) is 3.84. The van der Waals surface area contributed by atoms with Crippen molar-refractivity contribution in [3.8, 4) is 0 Å². The summed E-state index contributed by atoms with van der Waals surface area (Å²) in [6, 6.07) is 7.12. The van der Waals surface area contributed by atoms with E-state index >= 15 is 0 Å². The SMILES string of the molecule is Cc1ccc2c(c1)CC1(C2)CC2CCN(CC2)C1. The van der Waals surface area contributed by atoms with Crippen molar-refractivity contribution < 1.29 is 0 Å². The Hall–Kier alpha value is -0.820. The fourth-order valence-electron chi connectivity index (χ4n) is 4.72. The normalized spacial score (nSPS) is 37.8. The Bertz CT molecular complexity index is 454. The van der Waals surface area contributed by atoms with Crippen LogP contribution in [0.4, 0.5) is 0 Å². The van der Waals surface area contributed by atoms with E-state index in [0.29, 0.717) is 5.41 Å². The highest BCUT2D eigenvalue weighted by molar-refractivity contribution is 5.38. The first-order chi connectivity index (χ1) is 8.72. The molecule has 0 N–H and O–H groups in total. The van der Waals surface area contributed by atoms with Gasteiger partial charge in [-0.05, 0) is 74.6 Å². The van der Waals surface area contributed by atoms with Crippen molar-refractivity contribution in [1.82, 2.24) is 4.90 Å². The lowest BCUT2D eigenvalue weighted by molar-refractivity contribution is 0.183. The number of hydrogen-bond donors (Lipinski definition) is 0. The second-order valence-corrected chi connectivity index (χ2v) is 7.05. The molecule has 0 saturated carbocycles. The maximum atomic E-state index is 2.74. The van der Waals surface area contributed by atoms with E-state index in [4.69, 9.17) is 0 Å². The molecule has 1 spiro atoms. The maximum Gasteiger partial charge on any atom is 0.00445 e. The molecule has 0 radical (unpaired) electrons. The van der Waals surface area contributed by atoms with E-state index in [-0.39, 0.29) is 0 Å². The summed E-state index contributed by atoms with van der Waals surface area (Å²) in [5.74, 6) is 1.01. The van der Waals surface area contributed by atoms with Crippen molar-refractivity contribution in [3.63, 3.8) is 0 Å². The number of nitrogens with zero attached hydrogens (tertiary/aromatic N) is 1. The van der Waals surface area contributed by atoms with E-state index in [1.807, 2.05) is 0 Å². The van der Waals surface area contributed by atoms with Crippen molar-refractivity contribution in [1.29, 1.82) is 0 Å². The zero-order valence-corrected chi connectivity index (χ0v) is 11.4. The Morgan fingerprint density at radius 1 is 1.11 bits per heavy atom. The summed E-state index contributed by atoms with van der Waals surface area (Å²) in [6.45, 7) is 6.31. The first-order valence-electron chi connectivity index (χ1n) is 7.53. The molecule has 96 valence electrons. The number of piperidine rings is 1. The highest BCUT2D eigenvalue weighted by Gasteiger charge is 2.43. The largest absolute Gasteiger partial charge is 0.303 e. The molecule has 4 aliphatic rings. The quantitative estimate of drug-likeness (QED) is 0.674. The topological polar surface area (TPSA) is 3.24 Å².